The lowest BCUT2D eigenvalue weighted by Crippen LogP contribution is -2.38. The van der Waals surface area contributed by atoms with E-state index in [-0.39, 0.29) is 12.3 Å². The minimum Gasteiger partial charge on any atom is -0.480 e. The molecule has 0 aliphatic carbocycles. The predicted molar refractivity (Wildman–Crippen MR) is 75.3 cm³/mol. The van der Waals surface area contributed by atoms with Gasteiger partial charge in [-0.2, -0.15) is 0 Å². The van der Waals surface area contributed by atoms with Gasteiger partial charge in [0.15, 0.2) is 0 Å². The molecule has 104 valence electrons. The number of fused-ring (bicyclic) bond motifs is 1. The van der Waals surface area contributed by atoms with Crippen molar-refractivity contribution in [2.24, 2.45) is 0 Å². The second kappa shape index (κ2) is 6.14. The van der Waals surface area contributed by atoms with Crippen LogP contribution in [0.2, 0.25) is 0 Å². The van der Waals surface area contributed by atoms with E-state index in [1.165, 1.54) is 6.92 Å². The van der Waals surface area contributed by atoms with Crippen LogP contribution in [-0.4, -0.2) is 28.0 Å². The summed E-state index contributed by atoms with van der Waals surface area (Å²) in [4.78, 5) is 26.6. The van der Waals surface area contributed by atoms with E-state index in [1.807, 2.05) is 30.3 Å². The monoisotopic (exact) mass is 272 g/mol. The number of carboxylic acid groups (broad SMARTS) is 1. The fourth-order valence-electron chi connectivity index (χ4n) is 2.00. The van der Waals surface area contributed by atoms with E-state index in [9.17, 15) is 9.59 Å². The number of carbonyl (C=O) groups excluding carboxylic acids is 1. The summed E-state index contributed by atoms with van der Waals surface area (Å²) in [5.74, 6) is -1.30. The van der Waals surface area contributed by atoms with Gasteiger partial charge in [0.1, 0.15) is 6.04 Å². The van der Waals surface area contributed by atoms with Crippen molar-refractivity contribution >= 4 is 22.8 Å². The van der Waals surface area contributed by atoms with Crippen molar-refractivity contribution in [3.63, 3.8) is 0 Å². The van der Waals surface area contributed by atoms with Crippen molar-refractivity contribution < 1.29 is 14.7 Å². The number of benzene rings is 1. The van der Waals surface area contributed by atoms with Crippen molar-refractivity contribution in [3.05, 3.63) is 42.1 Å². The van der Waals surface area contributed by atoms with E-state index < -0.39 is 12.0 Å². The molecule has 0 saturated heterocycles. The maximum Gasteiger partial charge on any atom is 0.325 e. The average Bonchev–Trinajstić information content (AvgIpc) is 2.44. The Balaban J connectivity index is 2.03. The Hall–Kier alpha value is -2.43. The molecule has 0 saturated carbocycles. The largest absolute Gasteiger partial charge is 0.480 e. The summed E-state index contributed by atoms with van der Waals surface area (Å²) in [7, 11) is 0. The summed E-state index contributed by atoms with van der Waals surface area (Å²) in [5, 5.41) is 12.2. The zero-order chi connectivity index (χ0) is 14.5. The van der Waals surface area contributed by atoms with Gasteiger partial charge in [-0.3, -0.25) is 14.6 Å². The number of hydrogen-bond acceptors (Lipinski definition) is 3. The molecule has 2 N–H and O–H groups in total. The standard InChI is InChI=1S/C15H16N2O3/c1-10(15(19)20)17-14(18)7-6-11-8-9-16-13-5-3-2-4-12(11)13/h2-5,8-10H,6-7H2,1H3,(H,17,18)(H,19,20)/t10-/m0/s1. The molecule has 2 rings (SSSR count). The van der Waals surface area contributed by atoms with Crippen LogP contribution in [-0.2, 0) is 16.0 Å². The Labute approximate surface area is 116 Å². The summed E-state index contributed by atoms with van der Waals surface area (Å²) >= 11 is 0. The van der Waals surface area contributed by atoms with Crippen molar-refractivity contribution in [1.82, 2.24) is 10.3 Å². The molecule has 0 aliphatic heterocycles. The predicted octanol–water partition coefficient (Wildman–Crippen LogP) is 1.76. The molecular weight excluding hydrogens is 256 g/mol. The smallest absolute Gasteiger partial charge is 0.325 e. The van der Waals surface area contributed by atoms with E-state index in [2.05, 4.69) is 10.3 Å². The number of aryl methyl sites for hydroxylation is 1. The van der Waals surface area contributed by atoms with Crippen LogP contribution < -0.4 is 5.32 Å². The Morgan fingerprint density at radius 3 is 2.80 bits per heavy atom. The minimum atomic E-state index is -1.03. The molecule has 0 aliphatic rings. The normalized spacial score (nSPS) is 12.1. The molecule has 0 radical (unpaired) electrons. The van der Waals surface area contributed by atoms with Gasteiger partial charge in [-0.25, -0.2) is 0 Å². The van der Waals surface area contributed by atoms with Gasteiger partial charge in [0.2, 0.25) is 5.91 Å². The van der Waals surface area contributed by atoms with Gasteiger partial charge in [-0.15, -0.1) is 0 Å². The average molecular weight is 272 g/mol. The number of nitrogens with zero attached hydrogens (tertiary/aromatic N) is 1. The molecule has 0 fully saturated rings. The molecule has 0 spiro atoms. The lowest BCUT2D eigenvalue weighted by molar-refractivity contribution is -0.141. The van der Waals surface area contributed by atoms with Gasteiger partial charge in [-0.1, -0.05) is 18.2 Å². The zero-order valence-electron chi connectivity index (χ0n) is 11.2. The molecule has 1 heterocycles. The molecule has 20 heavy (non-hydrogen) atoms. The van der Waals surface area contributed by atoms with Crippen LogP contribution in [0.15, 0.2) is 36.5 Å². The number of nitrogens with one attached hydrogen (secondary N) is 1. The quantitative estimate of drug-likeness (QED) is 0.869. The molecular formula is C15H16N2O3. The number of carbonyl (C=O) groups is 2. The third kappa shape index (κ3) is 3.32. The second-order valence-electron chi connectivity index (χ2n) is 4.61. The highest BCUT2D eigenvalue weighted by atomic mass is 16.4. The topological polar surface area (TPSA) is 79.3 Å². The van der Waals surface area contributed by atoms with Crippen molar-refractivity contribution in [3.8, 4) is 0 Å². The van der Waals surface area contributed by atoms with Crippen LogP contribution >= 0.6 is 0 Å². The lowest BCUT2D eigenvalue weighted by atomic mass is 10.0. The highest BCUT2D eigenvalue weighted by Crippen LogP contribution is 2.17. The fourth-order valence-corrected chi connectivity index (χ4v) is 2.00. The van der Waals surface area contributed by atoms with Gasteiger partial charge in [0, 0.05) is 18.0 Å². The lowest BCUT2D eigenvalue weighted by Gasteiger charge is -2.10. The molecule has 0 bridgehead atoms. The summed E-state index contributed by atoms with van der Waals surface area (Å²) in [5.41, 5.74) is 1.93. The van der Waals surface area contributed by atoms with E-state index in [4.69, 9.17) is 5.11 Å². The first-order valence-electron chi connectivity index (χ1n) is 6.42. The zero-order valence-corrected chi connectivity index (χ0v) is 11.2. The maximum atomic E-state index is 11.7. The van der Waals surface area contributed by atoms with Crippen LogP contribution in [0.4, 0.5) is 0 Å². The Bertz CT molecular complexity index is 635. The van der Waals surface area contributed by atoms with Crippen molar-refractivity contribution in [1.29, 1.82) is 0 Å². The van der Waals surface area contributed by atoms with Crippen molar-refractivity contribution in [2.75, 3.05) is 0 Å². The first-order chi connectivity index (χ1) is 9.58. The summed E-state index contributed by atoms with van der Waals surface area (Å²) < 4.78 is 0. The maximum absolute atomic E-state index is 11.7. The van der Waals surface area contributed by atoms with Gasteiger partial charge in [0.25, 0.3) is 0 Å². The molecule has 2 aromatic rings. The van der Waals surface area contributed by atoms with Crippen LogP contribution in [0.1, 0.15) is 18.9 Å². The molecule has 1 amide bonds. The molecule has 1 aromatic heterocycles. The van der Waals surface area contributed by atoms with E-state index in [1.54, 1.807) is 6.20 Å². The summed E-state index contributed by atoms with van der Waals surface area (Å²) in [6.45, 7) is 1.45. The SMILES string of the molecule is C[C@H](NC(=O)CCc1ccnc2ccccc12)C(=O)O. The van der Waals surface area contributed by atoms with Gasteiger partial charge in [-0.05, 0) is 31.0 Å². The number of pyridine rings is 1. The third-order valence-corrected chi connectivity index (χ3v) is 3.11. The second-order valence-corrected chi connectivity index (χ2v) is 4.61. The van der Waals surface area contributed by atoms with E-state index >= 15 is 0 Å². The minimum absolute atomic E-state index is 0.256. The first kappa shape index (κ1) is 14.0. The summed E-state index contributed by atoms with van der Waals surface area (Å²) in [6, 6.07) is 8.76. The van der Waals surface area contributed by atoms with Crippen LogP contribution in [0.3, 0.4) is 0 Å². The Morgan fingerprint density at radius 2 is 2.05 bits per heavy atom. The van der Waals surface area contributed by atoms with Gasteiger partial charge < -0.3 is 10.4 Å². The fraction of sp³-hybridized carbons (Fsp3) is 0.267. The first-order valence-corrected chi connectivity index (χ1v) is 6.42. The van der Waals surface area contributed by atoms with Crippen molar-refractivity contribution in [2.45, 2.75) is 25.8 Å². The van der Waals surface area contributed by atoms with E-state index in [0.29, 0.717) is 6.42 Å². The Kier molecular flexibility index (Phi) is 4.30. The molecule has 1 aromatic carbocycles. The number of amides is 1. The Morgan fingerprint density at radius 1 is 1.30 bits per heavy atom. The van der Waals surface area contributed by atoms with Gasteiger partial charge >= 0.3 is 5.97 Å². The highest BCUT2D eigenvalue weighted by Gasteiger charge is 2.13. The van der Waals surface area contributed by atoms with Gasteiger partial charge in [0.05, 0.1) is 5.52 Å². The summed E-state index contributed by atoms with van der Waals surface area (Å²) in [6.07, 6.45) is 2.53. The molecule has 5 nitrogen and oxygen atoms in total. The van der Waals surface area contributed by atoms with Crippen LogP contribution in [0.5, 0.6) is 0 Å². The molecule has 5 heteroatoms. The molecule has 1 atom stereocenters. The molecule has 0 unspecified atom stereocenters. The number of carboxylic acids is 1. The number of para-hydroxylation sites is 1. The number of aromatic nitrogens is 1. The van der Waals surface area contributed by atoms with Crippen LogP contribution in [0, 0.1) is 0 Å². The number of aliphatic carboxylic acids is 1. The number of rotatable bonds is 5. The number of hydrogen-bond donors (Lipinski definition) is 2. The third-order valence-electron chi connectivity index (χ3n) is 3.11. The van der Waals surface area contributed by atoms with E-state index in [0.717, 1.165) is 16.5 Å². The highest BCUT2D eigenvalue weighted by molar-refractivity contribution is 5.85. The van der Waals surface area contributed by atoms with Crippen LogP contribution in [0.25, 0.3) is 10.9 Å².